The monoisotopic (exact) mass is 275 g/mol. The van der Waals surface area contributed by atoms with Crippen LogP contribution in [-0.4, -0.2) is 6.10 Å². The zero-order valence-electron chi connectivity index (χ0n) is 7.96. The minimum absolute atomic E-state index is 0.443. The predicted octanol–water partition coefficient (Wildman–Crippen LogP) is 3.47. The van der Waals surface area contributed by atoms with Gasteiger partial charge in [-0.25, -0.2) is 0 Å². The number of nitrogens with one attached hydrogen (secondary N) is 1. The van der Waals surface area contributed by atoms with Gasteiger partial charge < -0.3 is 0 Å². The van der Waals surface area contributed by atoms with Crippen LogP contribution in [0.3, 0.4) is 0 Å². The van der Waals surface area contributed by atoms with Gasteiger partial charge in [0.05, 0.1) is 16.4 Å². The van der Waals surface area contributed by atoms with E-state index in [-0.39, 0.29) is 0 Å². The minimum atomic E-state index is 0.443. The summed E-state index contributed by atoms with van der Waals surface area (Å²) in [5, 5.41) is 0. The third-order valence-corrected chi connectivity index (χ3v) is 4.05. The van der Waals surface area contributed by atoms with Gasteiger partial charge in [0.1, 0.15) is 0 Å². The Morgan fingerprint density at radius 2 is 2.21 bits per heavy atom. The molecule has 0 spiro atoms. The van der Waals surface area contributed by atoms with Gasteiger partial charge in [-0.2, -0.15) is 5.48 Å². The van der Waals surface area contributed by atoms with E-state index in [1.807, 2.05) is 0 Å². The molecule has 4 heteroatoms. The van der Waals surface area contributed by atoms with Crippen LogP contribution in [0.25, 0.3) is 0 Å². The highest BCUT2D eigenvalue weighted by molar-refractivity contribution is 9.11. The number of thiophene rings is 1. The first-order chi connectivity index (χ1) is 6.84. The van der Waals surface area contributed by atoms with Gasteiger partial charge in [0.25, 0.3) is 0 Å². The fourth-order valence-electron chi connectivity index (χ4n) is 1.68. The maximum absolute atomic E-state index is 5.56. The highest BCUT2D eigenvalue weighted by Crippen LogP contribution is 2.23. The molecule has 1 aromatic heterocycles. The molecule has 0 aromatic carbocycles. The number of halogens is 1. The van der Waals surface area contributed by atoms with E-state index < -0.39 is 0 Å². The van der Waals surface area contributed by atoms with Crippen molar-refractivity contribution in [2.75, 3.05) is 0 Å². The molecule has 1 N–H and O–H groups in total. The van der Waals surface area contributed by atoms with Gasteiger partial charge in [0.15, 0.2) is 0 Å². The molecule has 2 nitrogen and oxygen atoms in total. The molecule has 1 fully saturated rings. The molecule has 0 amide bonds. The van der Waals surface area contributed by atoms with Crippen molar-refractivity contribution in [3.63, 3.8) is 0 Å². The number of rotatable bonds is 4. The van der Waals surface area contributed by atoms with E-state index in [1.165, 1.54) is 34.3 Å². The summed E-state index contributed by atoms with van der Waals surface area (Å²) < 4.78 is 1.18. The maximum atomic E-state index is 5.56. The molecular weight excluding hydrogens is 262 g/mol. The van der Waals surface area contributed by atoms with Crippen LogP contribution in [0, 0.1) is 0 Å². The average molecular weight is 276 g/mol. The molecule has 1 saturated carbocycles. The highest BCUT2D eigenvalue weighted by Gasteiger charge is 2.15. The first-order valence-corrected chi connectivity index (χ1v) is 6.58. The Morgan fingerprint density at radius 1 is 1.43 bits per heavy atom. The highest BCUT2D eigenvalue weighted by atomic mass is 79.9. The third kappa shape index (κ3) is 3.05. The van der Waals surface area contributed by atoms with Crippen molar-refractivity contribution in [1.29, 1.82) is 0 Å². The van der Waals surface area contributed by atoms with E-state index in [2.05, 4.69) is 33.5 Å². The van der Waals surface area contributed by atoms with Crippen molar-refractivity contribution in [2.24, 2.45) is 0 Å². The molecular formula is C10H14BrNOS. The van der Waals surface area contributed by atoms with E-state index in [0.29, 0.717) is 6.10 Å². The molecule has 0 saturated heterocycles. The second kappa shape index (κ2) is 5.26. The van der Waals surface area contributed by atoms with Crippen molar-refractivity contribution in [1.82, 2.24) is 5.48 Å². The first-order valence-electron chi connectivity index (χ1n) is 4.97. The number of hydroxylamine groups is 1. The normalized spacial score (nSPS) is 17.8. The molecule has 2 rings (SSSR count). The van der Waals surface area contributed by atoms with E-state index in [9.17, 15) is 0 Å². The summed E-state index contributed by atoms with van der Waals surface area (Å²) in [6, 6.07) is 4.18. The summed E-state index contributed by atoms with van der Waals surface area (Å²) in [7, 11) is 0. The van der Waals surface area contributed by atoms with Crippen molar-refractivity contribution in [3.05, 3.63) is 20.8 Å². The lowest BCUT2D eigenvalue weighted by molar-refractivity contribution is -0.0239. The zero-order chi connectivity index (χ0) is 9.80. The largest absolute Gasteiger partial charge is 0.298 e. The average Bonchev–Trinajstić information content (AvgIpc) is 2.77. The lowest BCUT2D eigenvalue weighted by Gasteiger charge is -2.10. The molecule has 0 unspecified atom stereocenters. The molecule has 1 heterocycles. The fraction of sp³-hybridized carbons (Fsp3) is 0.600. The molecule has 0 atom stereocenters. The predicted molar refractivity (Wildman–Crippen MR) is 62.2 cm³/mol. The van der Waals surface area contributed by atoms with Gasteiger partial charge in [0.2, 0.25) is 0 Å². The summed E-state index contributed by atoms with van der Waals surface area (Å²) in [6.07, 6.45) is 5.49. The Kier molecular flexibility index (Phi) is 3.99. The molecule has 78 valence electrons. The maximum Gasteiger partial charge on any atom is 0.0790 e. The van der Waals surface area contributed by atoms with Crippen LogP contribution < -0.4 is 5.48 Å². The van der Waals surface area contributed by atoms with Gasteiger partial charge in [0, 0.05) is 4.88 Å². The SMILES string of the molecule is Brc1ccc(CNOC2CCCC2)s1. The molecule has 1 aliphatic rings. The van der Waals surface area contributed by atoms with Crippen molar-refractivity contribution in [2.45, 2.75) is 38.3 Å². The van der Waals surface area contributed by atoms with Crippen LogP contribution in [0.15, 0.2) is 15.9 Å². The summed E-state index contributed by atoms with van der Waals surface area (Å²) in [6.45, 7) is 0.812. The molecule has 0 bridgehead atoms. The second-order valence-corrected chi connectivity index (χ2v) is 6.10. The van der Waals surface area contributed by atoms with E-state index in [1.54, 1.807) is 11.3 Å². The van der Waals surface area contributed by atoms with Crippen LogP contribution in [0.5, 0.6) is 0 Å². The van der Waals surface area contributed by atoms with E-state index >= 15 is 0 Å². The first kappa shape index (κ1) is 10.6. The summed E-state index contributed by atoms with van der Waals surface area (Å²) >= 11 is 5.18. The molecule has 0 radical (unpaired) electrons. The molecule has 0 aliphatic heterocycles. The Bertz CT molecular complexity index is 283. The second-order valence-electron chi connectivity index (χ2n) is 3.55. The molecule has 1 aromatic rings. The van der Waals surface area contributed by atoms with Crippen LogP contribution in [0.1, 0.15) is 30.6 Å². The van der Waals surface area contributed by atoms with Crippen molar-refractivity contribution < 1.29 is 4.84 Å². The van der Waals surface area contributed by atoms with Gasteiger partial charge >= 0.3 is 0 Å². The summed E-state index contributed by atoms with van der Waals surface area (Å²) in [4.78, 5) is 6.86. The van der Waals surface area contributed by atoms with Crippen molar-refractivity contribution in [3.8, 4) is 0 Å². The lowest BCUT2D eigenvalue weighted by Crippen LogP contribution is -2.20. The summed E-state index contributed by atoms with van der Waals surface area (Å²) in [5.74, 6) is 0. The standard InChI is InChI=1S/C10H14BrNOS/c11-10-6-5-9(14-10)7-12-13-8-3-1-2-4-8/h5-6,8,12H,1-4,7H2. The van der Waals surface area contributed by atoms with Gasteiger partial charge in [-0.3, -0.25) is 4.84 Å². The zero-order valence-corrected chi connectivity index (χ0v) is 10.4. The van der Waals surface area contributed by atoms with Crippen LogP contribution in [-0.2, 0) is 11.4 Å². The third-order valence-electron chi connectivity index (χ3n) is 2.43. The van der Waals surface area contributed by atoms with Crippen LogP contribution in [0.4, 0.5) is 0 Å². The van der Waals surface area contributed by atoms with E-state index in [4.69, 9.17) is 4.84 Å². The fourth-order valence-corrected chi connectivity index (χ4v) is 3.09. The van der Waals surface area contributed by atoms with Crippen LogP contribution in [0.2, 0.25) is 0 Å². The van der Waals surface area contributed by atoms with Crippen LogP contribution >= 0.6 is 27.3 Å². The topological polar surface area (TPSA) is 21.3 Å². The minimum Gasteiger partial charge on any atom is -0.298 e. The van der Waals surface area contributed by atoms with Gasteiger partial charge in [-0.15, -0.1) is 11.3 Å². The number of hydrogen-bond acceptors (Lipinski definition) is 3. The van der Waals surface area contributed by atoms with Gasteiger partial charge in [-0.05, 0) is 40.9 Å². The molecule has 1 aliphatic carbocycles. The number of hydrogen-bond donors (Lipinski definition) is 1. The summed E-state index contributed by atoms with van der Waals surface area (Å²) in [5.41, 5.74) is 3.05. The Labute approximate surface area is 96.7 Å². The Hall–Kier alpha value is 0.1000. The lowest BCUT2D eigenvalue weighted by atomic mass is 10.3. The van der Waals surface area contributed by atoms with Crippen molar-refractivity contribution >= 4 is 27.3 Å². The quantitative estimate of drug-likeness (QED) is 0.850. The molecule has 14 heavy (non-hydrogen) atoms. The smallest absolute Gasteiger partial charge is 0.0790 e. The van der Waals surface area contributed by atoms with E-state index in [0.717, 1.165) is 6.54 Å². The Balaban J connectivity index is 1.67. The Morgan fingerprint density at radius 3 is 2.86 bits per heavy atom. The van der Waals surface area contributed by atoms with Gasteiger partial charge in [-0.1, -0.05) is 12.8 Å².